The highest BCUT2D eigenvalue weighted by Crippen LogP contribution is 2.46. The Hall–Kier alpha value is -8.50. The van der Waals surface area contributed by atoms with E-state index in [1.54, 1.807) is 0 Å². The van der Waals surface area contributed by atoms with Gasteiger partial charge in [0.25, 0.3) is 0 Å². The summed E-state index contributed by atoms with van der Waals surface area (Å²) < 4.78 is 5.00. The van der Waals surface area contributed by atoms with E-state index in [4.69, 9.17) is 0 Å². The van der Waals surface area contributed by atoms with Gasteiger partial charge in [0.15, 0.2) is 0 Å². The lowest BCUT2D eigenvalue weighted by atomic mass is 9.97. The first-order valence-electron chi connectivity index (χ1n) is 22.9. The number of thiophene rings is 1. The zero-order valence-corrected chi connectivity index (χ0v) is 37.4. The molecule has 0 bridgehead atoms. The van der Waals surface area contributed by atoms with E-state index in [9.17, 15) is 0 Å². The predicted molar refractivity (Wildman–Crippen MR) is 288 cm³/mol. The zero-order valence-electron chi connectivity index (χ0n) is 36.6. The molecule has 0 amide bonds. The van der Waals surface area contributed by atoms with Crippen LogP contribution in [0.15, 0.2) is 255 Å². The van der Waals surface area contributed by atoms with Crippen LogP contribution in [0.2, 0.25) is 0 Å². The van der Waals surface area contributed by atoms with E-state index in [0.717, 1.165) is 28.3 Å². The fraction of sp³-hybridized carbons (Fsp3) is 0. The lowest BCUT2D eigenvalue weighted by Gasteiger charge is -2.28. The van der Waals surface area contributed by atoms with Crippen molar-refractivity contribution in [1.82, 2.24) is 4.57 Å². The minimum absolute atomic E-state index is 1.09. The van der Waals surface area contributed by atoms with Gasteiger partial charge in [-0.3, -0.25) is 0 Å². The lowest BCUT2D eigenvalue weighted by Crippen LogP contribution is -2.11. The summed E-state index contributed by atoms with van der Waals surface area (Å²) >= 11 is 1.87. The molecular weight excluding hydrogens is 829 g/mol. The summed E-state index contributed by atoms with van der Waals surface area (Å²) in [7, 11) is 0. The molecule has 314 valence electrons. The Morgan fingerprint density at radius 1 is 0.313 bits per heavy atom. The number of hydrogen-bond donors (Lipinski definition) is 0. The molecule has 67 heavy (non-hydrogen) atoms. The highest BCUT2D eigenvalue weighted by atomic mass is 32.1. The Morgan fingerprint density at radius 2 is 0.806 bits per heavy atom. The first-order chi connectivity index (χ1) is 33.2. The van der Waals surface area contributed by atoms with E-state index in [0.29, 0.717) is 0 Å². The average Bonchev–Trinajstić information content (AvgIpc) is 3.96. The van der Waals surface area contributed by atoms with Crippen molar-refractivity contribution in [2.45, 2.75) is 0 Å². The maximum absolute atomic E-state index is 2.42. The molecular formula is C64H42N2S. The summed E-state index contributed by atoms with van der Waals surface area (Å²) in [6.07, 6.45) is 0. The molecule has 0 aliphatic carbocycles. The number of nitrogens with zero attached hydrogens (tertiary/aromatic N) is 2. The molecule has 0 N–H and O–H groups in total. The zero-order chi connectivity index (χ0) is 44.3. The molecule has 0 saturated heterocycles. The Labute approximate surface area is 393 Å². The van der Waals surface area contributed by atoms with E-state index in [-0.39, 0.29) is 0 Å². The second-order valence-corrected chi connectivity index (χ2v) is 18.3. The Bertz CT molecular complexity index is 3920. The van der Waals surface area contributed by atoms with Crippen LogP contribution in [0.1, 0.15) is 0 Å². The first-order valence-corrected chi connectivity index (χ1v) is 23.7. The van der Waals surface area contributed by atoms with Crippen LogP contribution in [-0.4, -0.2) is 4.57 Å². The van der Waals surface area contributed by atoms with Crippen molar-refractivity contribution < 1.29 is 0 Å². The molecule has 11 aromatic carbocycles. The molecule has 0 unspecified atom stereocenters. The smallest absolute Gasteiger partial charge is 0.0541 e. The van der Waals surface area contributed by atoms with Crippen LogP contribution >= 0.6 is 11.3 Å². The quantitative estimate of drug-likeness (QED) is 0.148. The lowest BCUT2D eigenvalue weighted by molar-refractivity contribution is 1.18. The molecule has 13 aromatic rings. The van der Waals surface area contributed by atoms with Crippen molar-refractivity contribution in [3.05, 3.63) is 255 Å². The molecule has 2 heterocycles. The van der Waals surface area contributed by atoms with Crippen molar-refractivity contribution in [3.8, 4) is 50.2 Å². The second kappa shape index (κ2) is 16.2. The van der Waals surface area contributed by atoms with Crippen molar-refractivity contribution in [1.29, 1.82) is 0 Å². The average molecular weight is 871 g/mol. The predicted octanol–water partition coefficient (Wildman–Crippen LogP) is 18.4. The van der Waals surface area contributed by atoms with Crippen molar-refractivity contribution in [2.75, 3.05) is 4.90 Å². The summed E-state index contributed by atoms with van der Waals surface area (Å²) in [6, 6.07) is 93.1. The van der Waals surface area contributed by atoms with E-state index in [1.165, 1.54) is 91.7 Å². The second-order valence-electron chi connectivity index (χ2n) is 17.3. The van der Waals surface area contributed by atoms with Gasteiger partial charge in [-0.15, -0.1) is 11.3 Å². The number of fused-ring (bicyclic) bond motifs is 7. The molecule has 3 heteroatoms. The van der Waals surface area contributed by atoms with Crippen molar-refractivity contribution in [3.63, 3.8) is 0 Å². The van der Waals surface area contributed by atoms with Crippen LogP contribution in [0.5, 0.6) is 0 Å². The summed E-state index contributed by atoms with van der Waals surface area (Å²) in [6.45, 7) is 0. The molecule has 13 rings (SSSR count). The fourth-order valence-electron chi connectivity index (χ4n) is 10.1. The topological polar surface area (TPSA) is 8.17 Å². The molecule has 0 aliphatic rings. The molecule has 0 saturated carbocycles. The number of aromatic nitrogens is 1. The molecule has 0 fully saturated rings. The number of rotatable bonds is 8. The monoisotopic (exact) mass is 870 g/mol. The Kier molecular flexibility index (Phi) is 9.40. The molecule has 0 radical (unpaired) electrons. The van der Waals surface area contributed by atoms with Crippen molar-refractivity contribution >= 4 is 81.1 Å². The Balaban J connectivity index is 0.896. The number of anilines is 3. The van der Waals surface area contributed by atoms with Gasteiger partial charge in [-0.2, -0.15) is 0 Å². The van der Waals surface area contributed by atoms with Crippen LogP contribution in [0, 0.1) is 0 Å². The molecule has 2 nitrogen and oxygen atoms in total. The Morgan fingerprint density at radius 3 is 1.51 bits per heavy atom. The third-order valence-corrected chi connectivity index (χ3v) is 14.6. The molecule has 0 spiro atoms. The van der Waals surface area contributed by atoms with Crippen LogP contribution in [-0.2, 0) is 0 Å². The van der Waals surface area contributed by atoms with Gasteiger partial charge in [-0.25, -0.2) is 0 Å². The summed E-state index contributed by atoms with van der Waals surface area (Å²) in [5.74, 6) is 0. The van der Waals surface area contributed by atoms with Gasteiger partial charge in [-0.1, -0.05) is 188 Å². The normalized spacial score (nSPS) is 11.6. The van der Waals surface area contributed by atoms with Gasteiger partial charge in [0.1, 0.15) is 0 Å². The van der Waals surface area contributed by atoms with Crippen molar-refractivity contribution in [2.24, 2.45) is 0 Å². The fourth-order valence-corrected chi connectivity index (χ4v) is 11.4. The third-order valence-electron chi connectivity index (χ3n) is 13.4. The number of benzene rings is 11. The summed E-state index contributed by atoms with van der Waals surface area (Å²) in [5.41, 5.74) is 16.4. The van der Waals surface area contributed by atoms with Gasteiger partial charge in [0.05, 0.1) is 16.7 Å². The summed E-state index contributed by atoms with van der Waals surface area (Å²) in [4.78, 5) is 2.42. The minimum Gasteiger partial charge on any atom is -0.310 e. The maximum atomic E-state index is 2.42. The van der Waals surface area contributed by atoms with Gasteiger partial charge >= 0.3 is 0 Å². The van der Waals surface area contributed by atoms with Gasteiger partial charge in [-0.05, 0) is 111 Å². The van der Waals surface area contributed by atoms with Crippen LogP contribution < -0.4 is 4.90 Å². The van der Waals surface area contributed by atoms with E-state index in [2.05, 4.69) is 264 Å². The first kappa shape index (κ1) is 38.9. The van der Waals surface area contributed by atoms with E-state index >= 15 is 0 Å². The summed E-state index contributed by atoms with van der Waals surface area (Å²) in [5, 5.41) is 7.64. The van der Waals surface area contributed by atoms with Gasteiger partial charge in [0.2, 0.25) is 0 Å². The van der Waals surface area contributed by atoms with Gasteiger partial charge in [0, 0.05) is 59.1 Å². The maximum Gasteiger partial charge on any atom is 0.0541 e. The standard InChI is InChI=1S/C64H42N2S/c1-2-14-48-41-50(32-31-43(48)13-1)46-29-27-44(28-30-46)45-33-37-51(38-34-45)65(60-23-7-5-19-56(60)58-21-12-22-59-57-20-6-10-26-63(57)67-64(58)59)52-39-35-47(36-40-52)49-15-11-16-53(42-49)66-61-24-8-3-17-54(61)55-18-4-9-25-62(55)66/h1-42H. The van der Waals surface area contributed by atoms with E-state index in [1.807, 2.05) is 11.3 Å². The van der Waals surface area contributed by atoms with Crippen LogP contribution in [0.4, 0.5) is 17.1 Å². The number of hydrogen-bond acceptors (Lipinski definition) is 2. The largest absolute Gasteiger partial charge is 0.310 e. The highest BCUT2D eigenvalue weighted by Gasteiger charge is 2.20. The third kappa shape index (κ3) is 6.79. The minimum atomic E-state index is 1.09. The molecule has 0 aliphatic heterocycles. The highest BCUT2D eigenvalue weighted by molar-refractivity contribution is 7.26. The van der Waals surface area contributed by atoms with Gasteiger partial charge < -0.3 is 9.47 Å². The molecule has 0 atom stereocenters. The SMILES string of the molecule is c1cc(-c2ccc(N(c3ccc(-c4ccc(-c5ccc6ccccc6c5)cc4)cc3)c3ccccc3-c3cccc4c3sc3ccccc34)cc2)cc(-n2c3ccccc3c3ccccc32)c1. The van der Waals surface area contributed by atoms with Crippen LogP contribution in [0.3, 0.4) is 0 Å². The molecule has 2 aromatic heterocycles. The van der Waals surface area contributed by atoms with E-state index < -0.39 is 0 Å². The van der Waals surface area contributed by atoms with Crippen LogP contribution in [0.25, 0.3) is 103 Å². The number of para-hydroxylation sites is 3.